The van der Waals surface area contributed by atoms with Crippen molar-refractivity contribution in [3.8, 4) is 0 Å². The van der Waals surface area contributed by atoms with Gasteiger partial charge in [-0.1, -0.05) is 0 Å². The first-order valence-corrected chi connectivity index (χ1v) is 5.69. The van der Waals surface area contributed by atoms with Gasteiger partial charge in [0.25, 0.3) is 0 Å². The van der Waals surface area contributed by atoms with Crippen LogP contribution in [-0.4, -0.2) is 14.4 Å². The second-order valence-corrected chi connectivity index (χ2v) is 5.06. The van der Waals surface area contributed by atoms with Gasteiger partial charge in [0.2, 0.25) is 5.78 Å². The van der Waals surface area contributed by atoms with E-state index in [9.17, 15) is 0 Å². The second kappa shape index (κ2) is 2.80. The largest absolute Gasteiger partial charge is 0.320 e. The number of nitrogens with zero attached hydrogens (tertiary/aromatic N) is 3. The molecule has 78 valence electrons. The lowest BCUT2D eigenvalue weighted by molar-refractivity contribution is 0.690. The van der Waals surface area contributed by atoms with Crippen molar-refractivity contribution in [2.75, 3.05) is 0 Å². The van der Waals surface area contributed by atoms with E-state index in [4.69, 9.17) is 5.73 Å². The molecular formula is C10H11BrN4. The molecule has 0 amide bonds. The summed E-state index contributed by atoms with van der Waals surface area (Å²) in [5, 5.41) is 0. The molecule has 0 aromatic carbocycles. The Labute approximate surface area is 95.7 Å². The smallest absolute Gasteiger partial charge is 0.234 e. The van der Waals surface area contributed by atoms with Crippen LogP contribution in [0.2, 0.25) is 0 Å². The molecule has 1 aliphatic carbocycles. The Kier molecular flexibility index (Phi) is 1.73. The van der Waals surface area contributed by atoms with E-state index in [1.807, 2.05) is 17.5 Å². The summed E-state index contributed by atoms with van der Waals surface area (Å²) in [6.45, 7) is 1.99. The Bertz CT molecular complexity index is 542. The lowest BCUT2D eigenvalue weighted by Gasteiger charge is -2.09. The SMILES string of the molecule is Cc1nc2ncc(Br)cn2c1C1(N)CC1. The summed E-state index contributed by atoms with van der Waals surface area (Å²) in [5.74, 6) is 0.724. The predicted octanol–water partition coefficient (Wildman–Crippen LogP) is 1.75. The van der Waals surface area contributed by atoms with Gasteiger partial charge in [0, 0.05) is 12.4 Å². The van der Waals surface area contributed by atoms with Gasteiger partial charge in [-0.25, -0.2) is 9.97 Å². The molecule has 1 fully saturated rings. The number of fused-ring (bicyclic) bond motifs is 1. The molecule has 4 nitrogen and oxygen atoms in total. The highest BCUT2D eigenvalue weighted by Crippen LogP contribution is 2.44. The van der Waals surface area contributed by atoms with Gasteiger partial charge >= 0.3 is 0 Å². The molecule has 1 aliphatic rings. The number of hydrogen-bond donors (Lipinski definition) is 1. The van der Waals surface area contributed by atoms with Crippen LogP contribution in [-0.2, 0) is 5.54 Å². The number of aromatic nitrogens is 3. The molecule has 2 N–H and O–H groups in total. The minimum absolute atomic E-state index is 0.175. The number of imidazole rings is 1. The summed E-state index contributed by atoms with van der Waals surface area (Å²) in [5.41, 5.74) is 8.14. The van der Waals surface area contributed by atoms with Gasteiger partial charge < -0.3 is 5.73 Å². The molecule has 0 spiro atoms. The van der Waals surface area contributed by atoms with Crippen molar-refractivity contribution in [1.82, 2.24) is 14.4 Å². The Morgan fingerprint density at radius 2 is 2.27 bits per heavy atom. The number of halogens is 1. The zero-order valence-electron chi connectivity index (χ0n) is 8.37. The fourth-order valence-electron chi connectivity index (χ4n) is 1.99. The molecule has 5 heteroatoms. The van der Waals surface area contributed by atoms with Crippen LogP contribution in [0.4, 0.5) is 0 Å². The standard InChI is InChI=1S/C10H11BrN4/c1-6-8(10(12)2-3-10)15-5-7(11)4-13-9(15)14-6/h4-5H,2-3,12H2,1H3. The zero-order chi connectivity index (χ0) is 10.6. The van der Waals surface area contributed by atoms with E-state index in [0.717, 1.165) is 34.5 Å². The summed E-state index contributed by atoms with van der Waals surface area (Å²) in [6.07, 6.45) is 5.80. The average Bonchev–Trinajstić information content (AvgIpc) is 2.80. The average molecular weight is 267 g/mol. The van der Waals surface area contributed by atoms with Crippen LogP contribution < -0.4 is 5.73 Å². The monoisotopic (exact) mass is 266 g/mol. The van der Waals surface area contributed by atoms with Gasteiger partial charge in [0.1, 0.15) is 0 Å². The van der Waals surface area contributed by atoms with Crippen molar-refractivity contribution in [3.63, 3.8) is 0 Å². The van der Waals surface area contributed by atoms with Gasteiger partial charge in [0.15, 0.2) is 0 Å². The van der Waals surface area contributed by atoms with Crippen LogP contribution in [0.15, 0.2) is 16.9 Å². The van der Waals surface area contributed by atoms with E-state index in [2.05, 4.69) is 25.9 Å². The molecule has 0 atom stereocenters. The van der Waals surface area contributed by atoms with Crippen molar-refractivity contribution in [3.05, 3.63) is 28.3 Å². The fraction of sp³-hybridized carbons (Fsp3) is 0.400. The normalized spacial score (nSPS) is 18.3. The summed E-state index contributed by atoms with van der Waals surface area (Å²) in [7, 11) is 0. The van der Waals surface area contributed by atoms with E-state index < -0.39 is 0 Å². The van der Waals surface area contributed by atoms with Crippen LogP contribution in [0.25, 0.3) is 5.78 Å². The number of nitrogens with two attached hydrogens (primary N) is 1. The van der Waals surface area contributed by atoms with Gasteiger partial charge in [0.05, 0.1) is 21.4 Å². The molecule has 1 saturated carbocycles. The zero-order valence-corrected chi connectivity index (χ0v) is 9.95. The van der Waals surface area contributed by atoms with Crippen molar-refractivity contribution < 1.29 is 0 Å². The molecule has 0 unspecified atom stereocenters. The summed E-state index contributed by atoms with van der Waals surface area (Å²) >= 11 is 3.41. The highest BCUT2D eigenvalue weighted by atomic mass is 79.9. The first kappa shape index (κ1) is 9.30. The van der Waals surface area contributed by atoms with E-state index in [0.29, 0.717) is 0 Å². The third kappa shape index (κ3) is 1.30. The highest BCUT2D eigenvalue weighted by Gasteiger charge is 2.44. The Morgan fingerprint density at radius 3 is 2.93 bits per heavy atom. The molecule has 15 heavy (non-hydrogen) atoms. The first-order valence-electron chi connectivity index (χ1n) is 4.90. The van der Waals surface area contributed by atoms with Crippen molar-refractivity contribution in [2.24, 2.45) is 5.73 Å². The van der Waals surface area contributed by atoms with Gasteiger partial charge in [-0.3, -0.25) is 4.40 Å². The number of rotatable bonds is 1. The molecule has 0 saturated heterocycles. The third-order valence-electron chi connectivity index (χ3n) is 2.88. The molecule has 2 heterocycles. The van der Waals surface area contributed by atoms with Crippen LogP contribution in [0, 0.1) is 6.92 Å². The Morgan fingerprint density at radius 1 is 1.53 bits per heavy atom. The number of aryl methyl sites for hydroxylation is 1. The van der Waals surface area contributed by atoms with Crippen LogP contribution in [0.1, 0.15) is 24.2 Å². The Hall–Kier alpha value is -0.940. The Balaban J connectivity index is 2.35. The van der Waals surface area contributed by atoms with E-state index in [1.165, 1.54) is 0 Å². The molecule has 2 aromatic rings. The topological polar surface area (TPSA) is 56.2 Å². The third-order valence-corrected chi connectivity index (χ3v) is 3.29. The maximum atomic E-state index is 6.23. The minimum atomic E-state index is -0.175. The van der Waals surface area contributed by atoms with E-state index in [1.54, 1.807) is 6.20 Å². The van der Waals surface area contributed by atoms with Gasteiger partial charge in [-0.05, 0) is 35.7 Å². The lowest BCUT2D eigenvalue weighted by atomic mass is 10.1. The van der Waals surface area contributed by atoms with Crippen molar-refractivity contribution in [1.29, 1.82) is 0 Å². The van der Waals surface area contributed by atoms with Crippen LogP contribution in [0.3, 0.4) is 0 Å². The quantitative estimate of drug-likeness (QED) is 0.856. The molecular weight excluding hydrogens is 256 g/mol. The summed E-state index contributed by atoms with van der Waals surface area (Å²) < 4.78 is 2.93. The summed E-state index contributed by atoms with van der Waals surface area (Å²) in [6, 6.07) is 0. The van der Waals surface area contributed by atoms with E-state index in [-0.39, 0.29) is 5.54 Å². The van der Waals surface area contributed by atoms with Crippen molar-refractivity contribution in [2.45, 2.75) is 25.3 Å². The first-order chi connectivity index (χ1) is 7.10. The molecule has 2 aromatic heterocycles. The minimum Gasteiger partial charge on any atom is -0.320 e. The molecule has 0 radical (unpaired) electrons. The lowest BCUT2D eigenvalue weighted by Crippen LogP contribution is -2.22. The van der Waals surface area contributed by atoms with Gasteiger partial charge in [-0.15, -0.1) is 0 Å². The predicted molar refractivity (Wildman–Crippen MR) is 60.5 cm³/mol. The number of hydrogen-bond acceptors (Lipinski definition) is 3. The van der Waals surface area contributed by atoms with Crippen molar-refractivity contribution >= 4 is 21.7 Å². The maximum Gasteiger partial charge on any atom is 0.234 e. The highest BCUT2D eigenvalue weighted by molar-refractivity contribution is 9.10. The van der Waals surface area contributed by atoms with Crippen LogP contribution >= 0.6 is 15.9 Å². The molecule has 3 rings (SSSR count). The molecule has 0 bridgehead atoms. The summed E-state index contributed by atoms with van der Waals surface area (Å²) in [4.78, 5) is 8.66. The second-order valence-electron chi connectivity index (χ2n) is 4.14. The molecule has 0 aliphatic heterocycles. The maximum absolute atomic E-state index is 6.23. The van der Waals surface area contributed by atoms with E-state index >= 15 is 0 Å². The van der Waals surface area contributed by atoms with Crippen LogP contribution in [0.5, 0.6) is 0 Å². The fourth-order valence-corrected chi connectivity index (χ4v) is 2.30. The van der Waals surface area contributed by atoms with Gasteiger partial charge in [-0.2, -0.15) is 0 Å².